The van der Waals surface area contributed by atoms with E-state index in [1.807, 2.05) is 0 Å². The van der Waals surface area contributed by atoms with Crippen molar-refractivity contribution in [1.82, 2.24) is 5.32 Å². The van der Waals surface area contributed by atoms with E-state index in [4.69, 9.17) is 25.8 Å². The lowest BCUT2D eigenvalue weighted by Crippen LogP contribution is -2.56. The zero-order chi connectivity index (χ0) is 27.4. The molecule has 0 radical (unpaired) electrons. The Morgan fingerprint density at radius 2 is 2.03 bits per heavy atom. The third kappa shape index (κ3) is 5.82. The number of rotatable bonds is 9. The number of benzene rings is 2. The summed E-state index contributed by atoms with van der Waals surface area (Å²) >= 11 is 6.37. The number of fused-ring (bicyclic) bond motifs is 1. The molecule has 2 aromatic rings. The second kappa shape index (κ2) is 11.4. The van der Waals surface area contributed by atoms with Gasteiger partial charge >= 0.3 is 0 Å². The first kappa shape index (κ1) is 28.3. The van der Waals surface area contributed by atoms with Crippen LogP contribution in [0.3, 0.4) is 0 Å². The van der Waals surface area contributed by atoms with Gasteiger partial charge in [-0.15, -0.1) is 0 Å². The van der Waals surface area contributed by atoms with Crippen molar-refractivity contribution in [2.75, 3.05) is 32.7 Å². The number of halogens is 1. The van der Waals surface area contributed by atoms with Crippen molar-refractivity contribution in [3.8, 4) is 17.6 Å². The van der Waals surface area contributed by atoms with Gasteiger partial charge in [0.05, 0.1) is 20.3 Å². The van der Waals surface area contributed by atoms with Crippen molar-refractivity contribution in [3.05, 3.63) is 52.5 Å². The summed E-state index contributed by atoms with van der Waals surface area (Å²) in [7, 11) is 3.01. The van der Waals surface area contributed by atoms with Gasteiger partial charge in [0, 0.05) is 41.9 Å². The molecule has 0 bridgehead atoms. The SMILES string of the molecule is COc1cccc([C@H]2O[C@@](CC(C)(C)CO)(C(C#N)CNC(C)=O)C(=O)Nc3ccc(Cl)cc32)c1OC. The molecule has 0 aliphatic carbocycles. The average Bonchev–Trinajstić information content (AvgIpc) is 2.98. The van der Waals surface area contributed by atoms with Crippen LogP contribution in [0.4, 0.5) is 5.69 Å². The lowest BCUT2D eigenvalue weighted by molar-refractivity contribution is -0.162. The van der Waals surface area contributed by atoms with Crippen molar-refractivity contribution in [2.24, 2.45) is 11.3 Å². The van der Waals surface area contributed by atoms with Crippen molar-refractivity contribution in [1.29, 1.82) is 5.26 Å². The lowest BCUT2D eigenvalue weighted by atomic mass is 9.73. The maximum atomic E-state index is 14.0. The van der Waals surface area contributed by atoms with Crippen LogP contribution < -0.4 is 20.1 Å². The maximum Gasteiger partial charge on any atom is 0.258 e. The van der Waals surface area contributed by atoms with Crippen LogP contribution in [-0.2, 0) is 14.3 Å². The van der Waals surface area contributed by atoms with Gasteiger partial charge in [-0.3, -0.25) is 9.59 Å². The fourth-order valence-corrected chi connectivity index (χ4v) is 4.76. The van der Waals surface area contributed by atoms with Gasteiger partial charge in [0.15, 0.2) is 17.1 Å². The highest BCUT2D eigenvalue weighted by molar-refractivity contribution is 6.30. The Hall–Kier alpha value is -3.32. The maximum absolute atomic E-state index is 14.0. The van der Waals surface area contributed by atoms with Gasteiger partial charge in [0.2, 0.25) is 5.91 Å². The summed E-state index contributed by atoms with van der Waals surface area (Å²) in [6.45, 7) is 4.46. The van der Waals surface area contributed by atoms with Crippen LogP contribution in [0.15, 0.2) is 36.4 Å². The minimum atomic E-state index is -1.78. The van der Waals surface area contributed by atoms with E-state index in [-0.39, 0.29) is 25.5 Å². The first-order chi connectivity index (χ1) is 17.5. The summed E-state index contributed by atoms with van der Waals surface area (Å²) in [6, 6.07) is 12.4. The number of hydrogen-bond donors (Lipinski definition) is 3. The number of aliphatic hydroxyl groups excluding tert-OH is 1. The molecule has 198 valence electrons. The topological polar surface area (TPSA) is 130 Å². The van der Waals surface area contributed by atoms with E-state index in [2.05, 4.69) is 16.7 Å². The number of nitrogens with one attached hydrogen (secondary N) is 2. The summed E-state index contributed by atoms with van der Waals surface area (Å²) in [6.07, 6.45) is -0.953. The minimum Gasteiger partial charge on any atom is -0.493 e. The van der Waals surface area contributed by atoms with E-state index in [1.165, 1.54) is 21.1 Å². The Labute approximate surface area is 221 Å². The first-order valence-electron chi connectivity index (χ1n) is 11.8. The summed E-state index contributed by atoms with van der Waals surface area (Å²) in [5, 5.41) is 26.3. The van der Waals surface area contributed by atoms with E-state index in [0.717, 1.165) is 0 Å². The number of hydrogen-bond acceptors (Lipinski definition) is 7. The molecule has 2 amide bonds. The Morgan fingerprint density at radius 1 is 1.30 bits per heavy atom. The highest BCUT2D eigenvalue weighted by atomic mass is 35.5. The standard InChI is InChI=1S/C27H32ClN3O6/c1-16(33)30-13-17(12-29)27(14-26(2,3)15-32)25(34)31-21-10-9-18(28)11-20(21)23(37-27)19-7-6-8-22(35-4)24(19)36-5/h6-11,17,23,32H,13-15H2,1-5H3,(H,30,33)(H,31,34)/t17?,23-,27+/m1/s1. The number of nitriles is 1. The van der Waals surface area contributed by atoms with Crippen LogP contribution in [0.1, 0.15) is 44.4 Å². The third-order valence-electron chi connectivity index (χ3n) is 6.42. The molecule has 0 saturated carbocycles. The van der Waals surface area contributed by atoms with Crippen molar-refractivity contribution < 1.29 is 28.9 Å². The zero-order valence-corrected chi connectivity index (χ0v) is 22.3. The van der Waals surface area contributed by atoms with Gasteiger partial charge in [-0.1, -0.05) is 37.6 Å². The molecule has 9 nitrogen and oxygen atoms in total. The molecule has 0 saturated heterocycles. The Morgan fingerprint density at radius 3 is 2.62 bits per heavy atom. The minimum absolute atomic E-state index is 0.0232. The smallest absolute Gasteiger partial charge is 0.258 e. The molecule has 10 heteroatoms. The second-order valence-corrected chi connectivity index (χ2v) is 10.2. The van der Waals surface area contributed by atoms with Gasteiger partial charge in [0.1, 0.15) is 12.0 Å². The molecule has 3 N–H and O–H groups in total. The summed E-state index contributed by atoms with van der Waals surface area (Å²) in [4.78, 5) is 25.8. The fraction of sp³-hybridized carbons (Fsp3) is 0.444. The lowest BCUT2D eigenvalue weighted by Gasteiger charge is -2.41. The van der Waals surface area contributed by atoms with Crippen LogP contribution in [-0.4, -0.2) is 49.9 Å². The van der Waals surface area contributed by atoms with Gasteiger partial charge in [-0.25, -0.2) is 0 Å². The zero-order valence-electron chi connectivity index (χ0n) is 21.6. The van der Waals surface area contributed by atoms with Gasteiger partial charge in [-0.05, 0) is 36.1 Å². The molecule has 0 fully saturated rings. The number of nitrogens with zero attached hydrogens (tertiary/aromatic N) is 1. The molecular weight excluding hydrogens is 498 g/mol. The number of ether oxygens (including phenoxy) is 3. The molecule has 1 aliphatic rings. The number of carbonyl (C=O) groups excluding carboxylic acids is 2. The summed E-state index contributed by atoms with van der Waals surface area (Å²) in [5.74, 6) is -1.19. The van der Waals surface area contributed by atoms with Crippen LogP contribution >= 0.6 is 11.6 Å². The first-order valence-corrected chi connectivity index (χ1v) is 12.1. The number of methoxy groups -OCH3 is 2. The predicted octanol–water partition coefficient (Wildman–Crippen LogP) is 3.84. The number of amides is 2. The average molecular weight is 530 g/mol. The number of para-hydroxylation sites is 1. The highest BCUT2D eigenvalue weighted by Gasteiger charge is 2.54. The molecule has 37 heavy (non-hydrogen) atoms. The van der Waals surface area contributed by atoms with Crippen molar-refractivity contribution >= 4 is 29.1 Å². The Kier molecular flexibility index (Phi) is 8.69. The van der Waals surface area contributed by atoms with E-state index in [1.54, 1.807) is 50.2 Å². The highest BCUT2D eigenvalue weighted by Crippen LogP contribution is 2.49. The van der Waals surface area contributed by atoms with E-state index in [0.29, 0.717) is 33.3 Å². The van der Waals surface area contributed by atoms with E-state index < -0.39 is 28.9 Å². The quantitative estimate of drug-likeness (QED) is 0.450. The molecule has 1 aliphatic heterocycles. The van der Waals surface area contributed by atoms with Crippen LogP contribution in [0.2, 0.25) is 5.02 Å². The summed E-state index contributed by atoms with van der Waals surface area (Å²) < 4.78 is 17.9. The number of carbonyl (C=O) groups is 2. The third-order valence-corrected chi connectivity index (χ3v) is 6.65. The molecule has 1 heterocycles. The van der Waals surface area contributed by atoms with Gasteiger partial charge in [0.25, 0.3) is 5.91 Å². The van der Waals surface area contributed by atoms with Crippen molar-refractivity contribution in [3.63, 3.8) is 0 Å². The van der Waals surface area contributed by atoms with Crippen LogP contribution in [0.5, 0.6) is 11.5 Å². The predicted molar refractivity (Wildman–Crippen MR) is 139 cm³/mol. The van der Waals surface area contributed by atoms with Crippen LogP contribution in [0.25, 0.3) is 0 Å². The molecule has 0 spiro atoms. The van der Waals surface area contributed by atoms with E-state index >= 15 is 0 Å². The Balaban J connectivity index is 2.33. The Bertz CT molecular complexity index is 1210. The molecule has 1 unspecified atom stereocenters. The summed E-state index contributed by atoms with van der Waals surface area (Å²) in [5.41, 5.74) is -1.06. The second-order valence-electron chi connectivity index (χ2n) is 9.77. The number of aliphatic hydroxyl groups is 1. The monoisotopic (exact) mass is 529 g/mol. The molecule has 0 aromatic heterocycles. The normalized spacial score (nSPS) is 20.1. The van der Waals surface area contributed by atoms with Gasteiger partial charge in [-0.2, -0.15) is 5.26 Å². The molecular formula is C27H32ClN3O6. The van der Waals surface area contributed by atoms with Crippen molar-refractivity contribution in [2.45, 2.75) is 38.9 Å². The van der Waals surface area contributed by atoms with Gasteiger partial charge < -0.3 is 30.0 Å². The molecule has 3 rings (SSSR count). The fourth-order valence-electron chi connectivity index (χ4n) is 4.58. The molecule has 2 aromatic carbocycles. The largest absolute Gasteiger partial charge is 0.493 e. The number of anilines is 1. The van der Waals surface area contributed by atoms with Crippen LogP contribution in [0, 0.1) is 22.7 Å². The van der Waals surface area contributed by atoms with E-state index in [9.17, 15) is 20.0 Å². The molecule has 3 atom stereocenters.